The van der Waals surface area contributed by atoms with E-state index in [1.54, 1.807) is 12.3 Å². The molecule has 0 unspecified atom stereocenters. The van der Waals surface area contributed by atoms with Crippen molar-refractivity contribution in [3.05, 3.63) is 50.8 Å². The molecule has 6 heteroatoms. The van der Waals surface area contributed by atoms with Gasteiger partial charge in [0.05, 0.1) is 23.9 Å². The highest BCUT2D eigenvalue weighted by molar-refractivity contribution is 9.10. The number of aryl methyl sites for hydroxylation is 1. The van der Waals surface area contributed by atoms with E-state index < -0.39 is 0 Å². The summed E-state index contributed by atoms with van der Waals surface area (Å²) < 4.78 is 11.8. The Hall–Kier alpha value is -1.46. The van der Waals surface area contributed by atoms with Gasteiger partial charge in [0.25, 0.3) is 0 Å². The van der Waals surface area contributed by atoms with Crippen molar-refractivity contribution in [1.82, 2.24) is 5.32 Å². The van der Waals surface area contributed by atoms with Crippen LogP contribution < -0.4 is 10.1 Å². The molecule has 0 saturated carbocycles. The van der Waals surface area contributed by atoms with Crippen molar-refractivity contribution in [3.63, 3.8) is 0 Å². The van der Waals surface area contributed by atoms with Gasteiger partial charge < -0.3 is 14.5 Å². The third-order valence-corrected chi connectivity index (χ3v) is 4.98. The van der Waals surface area contributed by atoms with Crippen molar-refractivity contribution < 1.29 is 13.9 Å². The summed E-state index contributed by atoms with van der Waals surface area (Å²) in [6.45, 7) is 4.76. The second-order valence-electron chi connectivity index (χ2n) is 5.25. The predicted molar refractivity (Wildman–Crippen MR) is 93.9 cm³/mol. The van der Waals surface area contributed by atoms with Gasteiger partial charge in [-0.15, -0.1) is 0 Å². The Labute approximate surface area is 149 Å². The van der Waals surface area contributed by atoms with Crippen LogP contribution in [0, 0.1) is 13.8 Å². The lowest BCUT2D eigenvalue weighted by molar-refractivity contribution is -0.121. The first kappa shape index (κ1) is 17.9. The number of rotatable bonds is 7. The van der Waals surface area contributed by atoms with Gasteiger partial charge in [-0.2, -0.15) is 0 Å². The molecule has 0 fully saturated rings. The van der Waals surface area contributed by atoms with Gasteiger partial charge in [0.2, 0.25) is 5.91 Å². The third kappa shape index (κ3) is 5.01. The molecule has 0 radical (unpaired) electrons. The summed E-state index contributed by atoms with van der Waals surface area (Å²) in [5, 5.41) is 3.54. The number of hydrogen-bond acceptors (Lipinski definition) is 3. The molecule has 1 heterocycles. The quantitative estimate of drug-likeness (QED) is 0.680. The molecular weight excluding hydrogens is 382 g/mol. The monoisotopic (exact) mass is 399 g/mol. The van der Waals surface area contributed by atoms with Crippen molar-refractivity contribution in [1.29, 1.82) is 0 Å². The van der Waals surface area contributed by atoms with Gasteiger partial charge in [0, 0.05) is 11.4 Å². The van der Waals surface area contributed by atoms with Crippen LogP contribution in [-0.4, -0.2) is 12.5 Å². The van der Waals surface area contributed by atoms with Crippen molar-refractivity contribution in [2.75, 3.05) is 6.61 Å². The zero-order valence-corrected chi connectivity index (χ0v) is 15.5. The topological polar surface area (TPSA) is 51.5 Å². The van der Waals surface area contributed by atoms with Crippen LogP contribution in [0.5, 0.6) is 5.75 Å². The number of nitrogens with one attached hydrogen (secondary N) is 1. The van der Waals surface area contributed by atoms with Gasteiger partial charge in [0.15, 0.2) is 0 Å². The molecule has 2 aromatic rings. The Morgan fingerprint density at radius 1 is 1.43 bits per heavy atom. The van der Waals surface area contributed by atoms with E-state index in [2.05, 4.69) is 21.2 Å². The fraction of sp³-hybridized carbons (Fsp3) is 0.353. The van der Waals surface area contributed by atoms with Gasteiger partial charge in [-0.1, -0.05) is 11.6 Å². The first-order chi connectivity index (χ1) is 11.0. The number of halogens is 2. The molecule has 23 heavy (non-hydrogen) atoms. The van der Waals surface area contributed by atoms with Crippen molar-refractivity contribution in [2.45, 2.75) is 33.2 Å². The Balaban J connectivity index is 1.74. The lowest BCUT2D eigenvalue weighted by Crippen LogP contribution is -2.22. The maximum absolute atomic E-state index is 11.7. The highest BCUT2D eigenvalue weighted by Gasteiger charge is 2.11. The molecule has 0 atom stereocenters. The fourth-order valence-corrected chi connectivity index (χ4v) is 2.80. The number of benzene rings is 1. The Kier molecular flexibility index (Phi) is 6.54. The zero-order chi connectivity index (χ0) is 16.8. The summed E-state index contributed by atoms with van der Waals surface area (Å²) in [6.07, 6.45) is 2.63. The zero-order valence-electron chi connectivity index (χ0n) is 13.1. The molecule has 124 valence electrons. The van der Waals surface area contributed by atoms with E-state index in [1.165, 1.54) is 0 Å². The van der Waals surface area contributed by atoms with E-state index in [-0.39, 0.29) is 5.91 Å². The molecule has 1 amide bonds. The van der Waals surface area contributed by atoms with E-state index >= 15 is 0 Å². The minimum absolute atomic E-state index is 0.0208. The van der Waals surface area contributed by atoms with Crippen molar-refractivity contribution in [2.24, 2.45) is 0 Å². The molecule has 1 aromatic heterocycles. The van der Waals surface area contributed by atoms with Crippen LogP contribution in [0.1, 0.15) is 29.7 Å². The molecule has 2 rings (SSSR count). The summed E-state index contributed by atoms with van der Waals surface area (Å²) in [6, 6.07) is 5.52. The third-order valence-electron chi connectivity index (χ3n) is 3.41. The minimum Gasteiger partial charge on any atom is -0.492 e. The molecule has 0 aliphatic heterocycles. The largest absolute Gasteiger partial charge is 0.492 e. The van der Waals surface area contributed by atoms with Crippen LogP contribution in [0.25, 0.3) is 0 Å². The van der Waals surface area contributed by atoms with E-state index in [0.717, 1.165) is 32.1 Å². The van der Waals surface area contributed by atoms with Crippen LogP contribution >= 0.6 is 27.5 Å². The first-order valence-electron chi connectivity index (χ1n) is 7.36. The van der Waals surface area contributed by atoms with Crippen LogP contribution in [0.3, 0.4) is 0 Å². The maximum Gasteiger partial charge on any atom is 0.220 e. The van der Waals surface area contributed by atoms with Gasteiger partial charge >= 0.3 is 0 Å². The van der Waals surface area contributed by atoms with E-state index in [9.17, 15) is 4.79 Å². The molecule has 0 aliphatic rings. The van der Waals surface area contributed by atoms with Gasteiger partial charge in [-0.05, 0) is 65.5 Å². The van der Waals surface area contributed by atoms with Crippen molar-refractivity contribution >= 4 is 33.4 Å². The predicted octanol–water partition coefficient (Wildman–Crippen LogP) is 4.79. The normalized spacial score (nSPS) is 10.6. The number of hydrogen-bond donors (Lipinski definition) is 1. The summed E-state index contributed by atoms with van der Waals surface area (Å²) in [7, 11) is 0. The van der Waals surface area contributed by atoms with Crippen LogP contribution in [-0.2, 0) is 11.3 Å². The summed E-state index contributed by atoms with van der Waals surface area (Å²) >= 11 is 9.68. The SMILES string of the molecule is Cc1cc(OCCCC(=O)NCc2ccco2)c(Br)c(C)c1Cl. The number of carbonyl (C=O) groups is 1. The summed E-state index contributed by atoms with van der Waals surface area (Å²) in [5.74, 6) is 1.47. The van der Waals surface area contributed by atoms with Crippen LogP contribution in [0.2, 0.25) is 5.02 Å². The van der Waals surface area contributed by atoms with Gasteiger partial charge in [-0.25, -0.2) is 0 Å². The Bertz CT molecular complexity index is 671. The molecule has 0 spiro atoms. The lowest BCUT2D eigenvalue weighted by Gasteiger charge is -2.13. The Morgan fingerprint density at radius 3 is 2.91 bits per heavy atom. The van der Waals surface area contributed by atoms with E-state index in [0.29, 0.717) is 26.0 Å². The summed E-state index contributed by atoms with van der Waals surface area (Å²) in [5.41, 5.74) is 1.93. The van der Waals surface area contributed by atoms with E-state index in [1.807, 2.05) is 26.0 Å². The fourth-order valence-electron chi connectivity index (χ4n) is 2.11. The Morgan fingerprint density at radius 2 is 2.22 bits per heavy atom. The second kappa shape index (κ2) is 8.41. The second-order valence-corrected chi connectivity index (χ2v) is 6.42. The number of carbonyl (C=O) groups excluding carboxylic acids is 1. The van der Waals surface area contributed by atoms with Gasteiger partial charge in [-0.3, -0.25) is 4.79 Å². The molecule has 1 N–H and O–H groups in total. The number of furan rings is 1. The van der Waals surface area contributed by atoms with Crippen LogP contribution in [0.4, 0.5) is 0 Å². The molecule has 1 aromatic carbocycles. The van der Waals surface area contributed by atoms with Gasteiger partial charge in [0.1, 0.15) is 11.5 Å². The van der Waals surface area contributed by atoms with Crippen LogP contribution in [0.15, 0.2) is 33.4 Å². The average Bonchev–Trinajstić information content (AvgIpc) is 3.05. The highest BCUT2D eigenvalue weighted by Crippen LogP contribution is 2.35. The van der Waals surface area contributed by atoms with Crippen molar-refractivity contribution in [3.8, 4) is 5.75 Å². The van der Waals surface area contributed by atoms with E-state index in [4.69, 9.17) is 20.8 Å². The molecule has 0 bridgehead atoms. The molecule has 0 aliphatic carbocycles. The average molecular weight is 401 g/mol. The molecular formula is C17H19BrClNO3. The maximum atomic E-state index is 11.7. The smallest absolute Gasteiger partial charge is 0.220 e. The first-order valence-corrected chi connectivity index (χ1v) is 8.53. The standard InChI is InChI=1S/C17H19BrClNO3/c1-11-9-14(16(18)12(2)17(11)19)23-8-4-6-15(21)20-10-13-5-3-7-22-13/h3,5,7,9H,4,6,8,10H2,1-2H3,(H,20,21). The number of ether oxygens (including phenoxy) is 1. The molecule has 4 nitrogen and oxygen atoms in total. The highest BCUT2D eigenvalue weighted by atomic mass is 79.9. The lowest BCUT2D eigenvalue weighted by atomic mass is 10.1. The minimum atomic E-state index is -0.0208. The molecule has 0 saturated heterocycles. The number of amides is 1. The summed E-state index contributed by atoms with van der Waals surface area (Å²) in [4.78, 5) is 11.7.